The van der Waals surface area contributed by atoms with E-state index in [9.17, 15) is 8.42 Å². The van der Waals surface area contributed by atoms with Gasteiger partial charge < -0.3 is 0 Å². The monoisotopic (exact) mass is 165 g/mol. The summed E-state index contributed by atoms with van der Waals surface area (Å²) in [5.41, 5.74) is 0. The van der Waals surface area contributed by atoms with Crippen molar-refractivity contribution in [3.8, 4) is 0 Å². The second-order valence-corrected chi connectivity index (χ2v) is 5.89. The van der Waals surface area contributed by atoms with Crippen LogP contribution in [0, 0.1) is 0 Å². The molecular formula is C4H5O3S2. The normalized spacial score (nSPS) is 19.2. The van der Waals surface area contributed by atoms with E-state index in [4.69, 9.17) is 4.55 Å². The zero-order valence-electron chi connectivity index (χ0n) is 4.39. The van der Waals surface area contributed by atoms with Gasteiger partial charge in [-0.3, -0.25) is 4.55 Å². The van der Waals surface area contributed by atoms with E-state index in [0.717, 1.165) is 0 Å². The maximum atomic E-state index is 10.3. The summed E-state index contributed by atoms with van der Waals surface area (Å²) in [5, 5.41) is 2.88. The molecule has 3 nitrogen and oxygen atoms in total. The molecule has 1 aliphatic heterocycles. The second kappa shape index (κ2) is 2.17. The van der Waals surface area contributed by atoms with Gasteiger partial charge in [0.2, 0.25) is 0 Å². The molecule has 0 saturated heterocycles. The van der Waals surface area contributed by atoms with Crippen molar-refractivity contribution in [1.29, 1.82) is 0 Å². The Morgan fingerprint density at radius 1 is 1.22 bits per heavy atom. The van der Waals surface area contributed by atoms with Crippen molar-refractivity contribution in [2.75, 3.05) is 0 Å². The molecule has 1 heterocycles. The average molecular weight is 165 g/mol. The summed E-state index contributed by atoms with van der Waals surface area (Å²) in [6.45, 7) is 0. The van der Waals surface area contributed by atoms with Gasteiger partial charge >= 0.3 is 9.15 Å². The highest BCUT2D eigenvalue weighted by atomic mass is 33.2. The fourth-order valence-corrected chi connectivity index (χ4v) is 2.52. The summed E-state index contributed by atoms with van der Waals surface area (Å²) in [7, 11) is -4.93. The van der Waals surface area contributed by atoms with E-state index in [2.05, 4.69) is 0 Å². The third-order valence-electron chi connectivity index (χ3n) is 0.780. The van der Waals surface area contributed by atoms with Gasteiger partial charge in [0.1, 0.15) is 0 Å². The maximum absolute atomic E-state index is 10.3. The second-order valence-electron chi connectivity index (χ2n) is 1.41. The van der Waals surface area contributed by atoms with E-state index in [0.29, 0.717) is 0 Å². The van der Waals surface area contributed by atoms with Crippen LogP contribution in [-0.4, -0.2) is 13.0 Å². The quantitative estimate of drug-likeness (QED) is 0.467. The van der Waals surface area contributed by atoms with Gasteiger partial charge in [-0.15, -0.1) is 0 Å². The summed E-state index contributed by atoms with van der Waals surface area (Å²) >= 11 is 0. The van der Waals surface area contributed by atoms with Crippen LogP contribution in [0.2, 0.25) is 0 Å². The van der Waals surface area contributed by atoms with Gasteiger partial charge in [-0.1, -0.05) is 12.2 Å². The van der Waals surface area contributed by atoms with Crippen LogP contribution in [0.15, 0.2) is 23.0 Å². The molecule has 5 heteroatoms. The third-order valence-corrected chi connectivity index (χ3v) is 4.24. The Morgan fingerprint density at radius 2 is 1.67 bits per heavy atom. The maximum Gasteiger partial charge on any atom is 0.317 e. The van der Waals surface area contributed by atoms with Gasteiger partial charge in [-0.2, -0.15) is 8.42 Å². The molecule has 9 heavy (non-hydrogen) atoms. The molecule has 0 spiro atoms. The molecule has 0 bridgehead atoms. The van der Waals surface area contributed by atoms with Gasteiger partial charge in [0.05, 0.1) is 0 Å². The Bertz CT molecular complexity index is 237. The Balaban J connectivity index is 2.90. The fraction of sp³-hybridized carbons (Fsp3) is 0. The van der Waals surface area contributed by atoms with E-state index in [1.807, 2.05) is 0 Å². The summed E-state index contributed by atoms with van der Waals surface area (Å²) < 4.78 is 29.0. The van der Waals surface area contributed by atoms with Crippen molar-refractivity contribution in [2.45, 2.75) is 0 Å². The molecule has 1 radical (unpaired) electrons. The Kier molecular flexibility index (Phi) is 1.65. The van der Waals surface area contributed by atoms with Crippen LogP contribution in [-0.2, 0) is 9.15 Å². The van der Waals surface area contributed by atoms with Crippen molar-refractivity contribution in [3.05, 3.63) is 23.0 Å². The lowest BCUT2D eigenvalue weighted by Crippen LogP contribution is -1.91. The summed E-state index contributed by atoms with van der Waals surface area (Å²) in [4.78, 5) is 0. The molecule has 0 fully saturated rings. The molecule has 1 aliphatic rings. The Hall–Kier alpha value is -0.260. The number of hydrogen-bond acceptors (Lipinski definition) is 2. The molecule has 0 aromatic carbocycles. The molecule has 51 valence electrons. The van der Waals surface area contributed by atoms with Crippen molar-refractivity contribution < 1.29 is 13.0 Å². The van der Waals surface area contributed by atoms with Gasteiger partial charge in [-0.25, -0.2) is 0 Å². The largest absolute Gasteiger partial charge is 0.317 e. The minimum Gasteiger partial charge on any atom is -0.277 e. The van der Waals surface area contributed by atoms with Crippen LogP contribution >= 0.6 is 9.93 Å². The summed E-state index contributed by atoms with van der Waals surface area (Å²) in [6, 6.07) is 0. The fourth-order valence-electron chi connectivity index (χ4n) is 0.431. The molecule has 0 aromatic heterocycles. The van der Waals surface area contributed by atoms with E-state index < -0.39 is 19.1 Å². The third kappa shape index (κ3) is 1.57. The van der Waals surface area contributed by atoms with Crippen LogP contribution in [0.3, 0.4) is 0 Å². The smallest absolute Gasteiger partial charge is 0.277 e. The Labute approximate surface area is 55.6 Å². The van der Waals surface area contributed by atoms with Gasteiger partial charge in [-0.05, 0) is 20.7 Å². The van der Waals surface area contributed by atoms with Crippen LogP contribution in [0.1, 0.15) is 0 Å². The van der Waals surface area contributed by atoms with Crippen molar-refractivity contribution >= 4 is 19.1 Å². The molecule has 1 rings (SSSR count). The minimum atomic E-state index is -3.85. The zero-order valence-corrected chi connectivity index (χ0v) is 6.02. The van der Waals surface area contributed by atoms with Crippen molar-refractivity contribution in [2.24, 2.45) is 0 Å². The number of rotatable bonds is 1. The molecule has 0 saturated carbocycles. The zero-order chi connectivity index (χ0) is 6.91. The first-order valence-corrected chi connectivity index (χ1v) is 5.46. The van der Waals surface area contributed by atoms with Crippen molar-refractivity contribution in [1.82, 2.24) is 0 Å². The molecule has 0 amide bonds. The van der Waals surface area contributed by atoms with E-state index >= 15 is 0 Å². The molecule has 0 aliphatic carbocycles. The molecule has 0 aromatic rings. The first-order valence-electron chi connectivity index (χ1n) is 2.15. The van der Waals surface area contributed by atoms with E-state index in [1.54, 1.807) is 12.2 Å². The SMILES string of the molecule is O=S(=O)(O)[S]1C=CC=C1. The lowest BCUT2D eigenvalue weighted by molar-refractivity contribution is 0.503. The molecular weight excluding hydrogens is 160 g/mol. The molecule has 0 atom stereocenters. The predicted molar refractivity (Wildman–Crippen MR) is 37.4 cm³/mol. The highest BCUT2D eigenvalue weighted by molar-refractivity contribution is 8.81. The first kappa shape index (κ1) is 6.85. The lowest BCUT2D eigenvalue weighted by atomic mass is 10.6. The minimum absolute atomic E-state index is 1.08. The lowest BCUT2D eigenvalue weighted by Gasteiger charge is -1.99. The van der Waals surface area contributed by atoms with Crippen molar-refractivity contribution in [3.63, 3.8) is 0 Å². The predicted octanol–water partition coefficient (Wildman–Crippen LogP) is 1.10. The standard InChI is InChI=1S/C4H5O3S2/c5-9(6,7)8-3-1-2-4-8/h1-4H,(H,5,6,7). The highest BCUT2D eigenvalue weighted by Gasteiger charge is 2.15. The topological polar surface area (TPSA) is 54.4 Å². The van der Waals surface area contributed by atoms with Crippen LogP contribution in [0.25, 0.3) is 0 Å². The Morgan fingerprint density at radius 3 is 1.89 bits per heavy atom. The van der Waals surface area contributed by atoms with Crippen LogP contribution < -0.4 is 0 Å². The summed E-state index contributed by atoms with van der Waals surface area (Å²) in [6.07, 6.45) is 3.19. The highest BCUT2D eigenvalue weighted by Crippen LogP contribution is 2.37. The molecule has 1 N–H and O–H groups in total. The van der Waals surface area contributed by atoms with Crippen LogP contribution in [0.4, 0.5) is 0 Å². The van der Waals surface area contributed by atoms with E-state index in [-0.39, 0.29) is 0 Å². The van der Waals surface area contributed by atoms with Gasteiger partial charge in [0.25, 0.3) is 0 Å². The van der Waals surface area contributed by atoms with Gasteiger partial charge in [0, 0.05) is 0 Å². The molecule has 0 unspecified atom stereocenters. The number of allylic oxidation sites excluding steroid dienone is 2. The summed E-state index contributed by atoms with van der Waals surface area (Å²) in [5.74, 6) is 0. The number of hydrogen-bond donors (Lipinski definition) is 1. The first-order chi connectivity index (χ1) is 4.11. The van der Waals surface area contributed by atoms with Crippen LogP contribution in [0.5, 0.6) is 0 Å². The van der Waals surface area contributed by atoms with E-state index in [1.165, 1.54) is 10.8 Å². The van der Waals surface area contributed by atoms with Gasteiger partial charge in [0.15, 0.2) is 0 Å². The average Bonchev–Trinajstić information content (AvgIpc) is 2.08.